The number of carbonyl (C=O) groups excluding carboxylic acids is 1. The predicted molar refractivity (Wildman–Crippen MR) is 97.5 cm³/mol. The van der Waals surface area contributed by atoms with Crippen molar-refractivity contribution in [3.63, 3.8) is 0 Å². The summed E-state index contributed by atoms with van der Waals surface area (Å²) in [6, 6.07) is 8.96. The van der Waals surface area contributed by atoms with Gasteiger partial charge in [-0.05, 0) is 18.1 Å². The Morgan fingerprint density at radius 1 is 1.21 bits per heavy atom. The Balaban J connectivity index is 2.08. The summed E-state index contributed by atoms with van der Waals surface area (Å²) in [5.41, 5.74) is 2.47. The smallest absolute Gasteiger partial charge is 0.220 e. The Morgan fingerprint density at radius 2 is 1.83 bits per heavy atom. The first-order valence-electron chi connectivity index (χ1n) is 8.93. The number of morpholine rings is 1. The van der Waals surface area contributed by atoms with Gasteiger partial charge in [0.1, 0.15) is 19.1 Å². The molecule has 1 aromatic carbocycles. The zero-order valence-corrected chi connectivity index (χ0v) is 15.5. The van der Waals surface area contributed by atoms with Crippen LogP contribution >= 0.6 is 0 Å². The molecule has 1 heterocycles. The van der Waals surface area contributed by atoms with Crippen molar-refractivity contribution in [1.29, 1.82) is 0 Å². The fourth-order valence-electron chi connectivity index (χ4n) is 3.14. The maximum Gasteiger partial charge on any atom is 0.220 e. The number of hydrogen-bond acceptors (Lipinski definition) is 3. The average Bonchev–Trinajstić information content (AvgIpc) is 2.56. The zero-order valence-electron chi connectivity index (χ0n) is 15.5. The number of quaternary nitrogens is 1. The summed E-state index contributed by atoms with van der Waals surface area (Å²) >= 11 is 0. The summed E-state index contributed by atoms with van der Waals surface area (Å²) in [7, 11) is 4.09. The van der Waals surface area contributed by atoms with Gasteiger partial charge >= 0.3 is 0 Å². The molecule has 1 aliphatic rings. The number of hydrogen-bond donors (Lipinski definition) is 2. The van der Waals surface area contributed by atoms with Crippen LogP contribution in [-0.2, 0) is 9.53 Å². The second-order valence-corrected chi connectivity index (χ2v) is 7.21. The average molecular weight is 334 g/mol. The quantitative estimate of drug-likeness (QED) is 0.778. The topological polar surface area (TPSA) is 46.0 Å². The number of amides is 1. The first kappa shape index (κ1) is 18.7. The van der Waals surface area contributed by atoms with E-state index in [2.05, 4.69) is 48.3 Å². The maximum absolute atomic E-state index is 12.1. The third kappa shape index (κ3) is 5.49. The minimum atomic E-state index is 0.146. The molecule has 134 valence electrons. The van der Waals surface area contributed by atoms with E-state index in [1.165, 1.54) is 16.2 Å². The van der Waals surface area contributed by atoms with E-state index in [1.54, 1.807) is 0 Å². The SMILES string of the molecule is CC(C)CC(=O)NC[C@@H](c1ccc(N(C)C)cc1)[NH+]1CCOCC1. The lowest BCUT2D eigenvalue weighted by Gasteiger charge is -2.32. The van der Waals surface area contributed by atoms with Crippen LogP contribution in [0.2, 0.25) is 0 Å². The number of rotatable bonds is 7. The van der Waals surface area contributed by atoms with E-state index in [4.69, 9.17) is 4.74 Å². The van der Waals surface area contributed by atoms with Crippen molar-refractivity contribution in [2.45, 2.75) is 26.3 Å². The van der Waals surface area contributed by atoms with Gasteiger partial charge in [0.25, 0.3) is 0 Å². The lowest BCUT2D eigenvalue weighted by Crippen LogP contribution is -3.15. The molecule has 0 unspecified atom stereocenters. The van der Waals surface area contributed by atoms with E-state index in [0.717, 1.165) is 26.3 Å². The van der Waals surface area contributed by atoms with E-state index in [-0.39, 0.29) is 11.9 Å². The van der Waals surface area contributed by atoms with E-state index in [0.29, 0.717) is 18.9 Å². The number of ether oxygens (including phenoxy) is 1. The lowest BCUT2D eigenvalue weighted by molar-refractivity contribution is -0.937. The largest absolute Gasteiger partial charge is 0.378 e. The van der Waals surface area contributed by atoms with Gasteiger partial charge in [-0.3, -0.25) is 4.79 Å². The molecular weight excluding hydrogens is 302 g/mol. The fraction of sp³-hybridized carbons (Fsp3) is 0.632. The molecule has 5 nitrogen and oxygen atoms in total. The van der Waals surface area contributed by atoms with Gasteiger partial charge < -0.3 is 19.9 Å². The van der Waals surface area contributed by atoms with E-state index in [1.807, 2.05) is 14.1 Å². The fourth-order valence-corrected chi connectivity index (χ4v) is 3.14. The molecule has 24 heavy (non-hydrogen) atoms. The van der Waals surface area contributed by atoms with Crippen molar-refractivity contribution in [2.24, 2.45) is 5.92 Å². The number of nitrogens with zero attached hydrogens (tertiary/aromatic N) is 1. The van der Waals surface area contributed by atoms with Crippen molar-refractivity contribution in [3.05, 3.63) is 29.8 Å². The van der Waals surface area contributed by atoms with Crippen molar-refractivity contribution in [1.82, 2.24) is 5.32 Å². The highest BCUT2D eigenvalue weighted by Crippen LogP contribution is 2.16. The van der Waals surface area contributed by atoms with Crippen molar-refractivity contribution < 1.29 is 14.4 Å². The second kappa shape index (κ2) is 9.04. The number of benzene rings is 1. The highest BCUT2D eigenvalue weighted by atomic mass is 16.5. The van der Waals surface area contributed by atoms with Gasteiger partial charge in [0, 0.05) is 31.8 Å². The van der Waals surface area contributed by atoms with E-state index in [9.17, 15) is 4.79 Å². The molecule has 2 rings (SSSR count). The van der Waals surface area contributed by atoms with Gasteiger partial charge in [-0.1, -0.05) is 26.0 Å². The Morgan fingerprint density at radius 3 is 2.38 bits per heavy atom. The van der Waals surface area contributed by atoms with Gasteiger partial charge in [-0.25, -0.2) is 0 Å². The van der Waals surface area contributed by atoms with Crippen LogP contribution in [0.3, 0.4) is 0 Å². The summed E-state index contributed by atoms with van der Waals surface area (Å²) in [4.78, 5) is 15.7. The van der Waals surface area contributed by atoms with Crippen LogP contribution in [0, 0.1) is 5.92 Å². The van der Waals surface area contributed by atoms with Crippen LogP contribution in [0.25, 0.3) is 0 Å². The second-order valence-electron chi connectivity index (χ2n) is 7.21. The first-order chi connectivity index (χ1) is 11.5. The minimum absolute atomic E-state index is 0.146. The number of nitrogens with one attached hydrogen (secondary N) is 2. The molecule has 1 aliphatic heterocycles. The maximum atomic E-state index is 12.1. The minimum Gasteiger partial charge on any atom is -0.378 e. The molecule has 0 spiro atoms. The first-order valence-corrected chi connectivity index (χ1v) is 8.93. The van der Waals surface area contributed by atoms with Crippen LogP contribution < -0.4 is 15.1 Å². The standard InChI is InChI=1S/C19H31N3O2/c1-15(2)13-19(23)20-14-18(22-9-11-24-12-10-22)16-5-7-17(8-6-16)21(3)4/h5-8,15,18H,9-14H2,1-4H3,(H,20,23)/p+1/t18-/m0/s1. The Labute approximate surface area is 146 Å². The summed E-state index contributed by atoms with van der Waals surface area (Å²) in [5.74, 6) is 0.533. The summed E-state index contributed by atoms with van der Waals surface area (Å²) in [6.07, 6.45) is 0.588. The Bertz CT molecular complexity index is 508. The van der Waals surface area contributed by atoms with Crippen molar-refractivity contribution >= 4 is 11.6 Å². The highest BCUT2D eigenvalue weighted by molar-refractivity contribution is 5.76. The lowest BCUT2D eigenvalue weighted by atomic mass is 10.0. The van der Waals surface area contributed by atoms with Crippen LogP contribution in [0.1, 0.15) is 31.9 Å². The third-order valence-electron chi connectivity index (χ3n) is 4.54. The molecule has 2 N–H and O–H groups in total. The Hall–Kier alpha value is -1.59. The molecule has 1 fully saturated rings. The summed E-state index contributed by atoms with van der Waals surface area (Å²) in [5, 5.41) is 3.14. The third-order valence-corrected chi connectivity index (χ3v) is 4.54. The molecule has 0 aromatic heterocycles. The molecule has 0 saturated carbocycles. The molecule has 5 heteroatoms. The van der Waals surface area contributed by atoms with Crippen LogP contribution in [0.15, 0.2) is 24.3 Å². The number of anilines is 1. The number of carbonyl (C=O) groups is 1. The normalized spacial score (nSPS) is 16.9. The molecule has 1 aromatic rings. The molecule has 0 aliphatic carbocycles. The van der Waals surface area contributed by atoms with Crippen molar-refractivity contribution in [3.8, 4) is 0 Å². The molecule has 1 saturated heterocycles. The van der Waals surface area contributed by atoms with Crippen LogP contribution in [0.4, 0.5) is 5.69 Å². The Kier molecular flexibility index (Phi) is 7.06. The van der Waals surface area contributed by atoms with Gasteiger partial charge in [0.15, 0.2) is 0 Å². The van der Waals surface area contributed by atoms with Crippen LogP contribution in [-0.4, -0.2) is 52.9 Å². The predicted octanol–water partition coefficient (Wildman–Crippen LogP) is 0.871. The molecule has 1 atom stereocenters. The molecule has 1 amide bonds. The molecule has 0 bridgehead atoms. The van der Waals surface area contributed by atoms with Gasteiger partial charge in [-0.2, -0.15) is 0 Å². The van der Waals surface area contributed by atoms with Gasteiger partial charge in [-0.15, -0.1) is 0 Å². The zero-order chi connectivity index (χ0) is 17.5. The molecular formula is C19H32N3O2+. The monoisotopic (exact) mass is 334 g/mol. The summed E-state index contributed by atoms with van der Waals surface area (Å²) < 4.78 is 5.50. The van der Waals surface area contributed by atoms with E-state index < -0.39 is 0 Å². The van der Waals surface area contributed by atoms with Crippen molar-refractivity contribution in [2.75, 3.05) is 51.8 Å². The van der Waals surface area contributed by atoms with Crippen LogP contribution in [0.5, 0.6) is 0 Å². The van der Waals surface area contributed by atoms with Gasteiger partial charge in [0.05, 0.1) is 19.8 Å². The summed E-state index contributed by atoms with van der Waals surface area (Å²) in [6.45, 7) is 8.39. The molecule has 0 radical (unpaired) electrons. The van der Waals surface area contributed by atoms with E-state index >= 15 is 0 Å². The van der Waals surface area contributed by atoms with Gasteiger partial charge in [0.2, 0.25) is 5.91 Å². The highest BCUT2D eigenvalue weighted by Gasteiger charge is 2.27.